The number of ether oxygens (including phenoxy) is 1. The molecule has 1 aromatic rings. The highest BCUT2D eigenvalue weighted by Gasteiger charge is 2.36. The van der Waals surface area contributed by atoms with E-state index in [-0.39, 0.29) is 12.0 Å². The van der Waals surface area contributed by atoms with Crippen LogP contribution in [0.1, 0.15) is 60.8 Å². The zero-order valence-electron chi connectivity index (χ0n) is 16.5. The number of anilines is 1. The van der Waals surface area contributed by atoms with Crippen molar-refractivity contribution < 1.29 is 24.2 Å². The number of allylic oxidation sites excluding steroid dienone is 2. The van der Waals surface area contributed by atoms with E-state index in [1.54, 1.807) is 19.9 Å². The van der Waals surface area contributed by atoms with Crippen LogP contribution in [0.15, 0.2) is 12.2 Å². The zero-order chi connectivity index (χ0) is 20.4. The highest BCUT2D eigenvalue weighted by molar-refractivity contribution is 7.17. The summed E-state index contributed by atoms with van der Waals surface area (Å²) in [7, 11) is 0. The van der Waals surface area contributed by atoms with Crippen molar-refractivity contribution in [3.8, 4) is 0 Å². The van der Waals surface area contributed by atoms with Gasteiger partial charge in [0.25, 0.3) is 0 Å². The highest BCUT2D eigenvalue weighted by Crippen LogP contribution is 2.41. The number of hydrogen-bond donors (Lipinski definition) is 2. The Hall–Kier alpha value is -2.15. The second-order valence-electron chi connectivity index (χ2n) is 7.99. The van der Waals surface area contributed by atoms with E-state index in [4.69, 9.17) is 4.74 Å². The van der Waals surface area contributed by atoms with Crippen LogP contribution in [0.4, 0.5) is 5.00 Å². The molecule has 0 spiro atoms. The van der Waals surface area contributed by atoms with Crippen molar-refractivity contribution in [1.29, 1.82) is 0 Å². The molecule has 2 aliphatic rings. The summed E-state index contributed by atoms with van der Waals surface area (Å²) in [6, 6.07) is 0. The second-order valence-corrected chi connectivity index (χ2v) is 9.10. The van der Waals surface area contributed by atoms with E-state index in [2.05, 4.69) is 12.2 Å². The lowest BCUT2D eigenvalue weighted by Crippen LogP contribution is -2.34. The van der Waals surface area contributed by atoms with E-state index in [9.17, 15) is 19.5 Å². The number of carbonyl (C=O) groups excluding carboxylic acids is 2. The number of fused-ring (bicyclic) bond motifs is 1. The van der Waals surface area contributed by atoms with Crippen LogP contribution in [0, 0.1) is 17.8 Å². The number of hydrogen-bond acceptors (Lipinski definition) is 5. The summed E-state index contributed by atoms with van der Waals surface area (Å²) in [5.74, 6) is -2.59. The summed E-state index contributed by atoms with van der Waals surface area (Å²) >= 11 is 1.42. The van der Waals surface area contributed by atoms with Gasteiger partial charge in [-0.05, 0) is 57.4 Å². The summed E-state index contributed by atoms with van der Waals surface area (Å²) in [5, 5.41) is 12.8. The Bertz CT molecular complexity index is 810. The van der Waals surface area contributed by atoms with Gasteiger partial charge in [-0.15, -0.1) is 11.3 Å². The van der Waals surface area contributed by atoms with Gasteiger partial charge < -0.3 is 15.2 Å². The summed E-state index contributed by atoms with van der Waals surface area (Å²) in [4.78, 5) is 38.3. The lowest BCUT2D eigenvalue weighted by molar-refractivity contribution is -0.146. The van der Waals surface area contributed by atoms with Crippen LogP contribution in [0.3, 0.4) is 0 Å². The van der Waals surface area contributed by atoms with Crippen molar-refractivity contribution in [3.63, 3.8) is 0 Å². The number of carboxylic acid groups (broad SMARTS) is 1. The zero-order valence-corrected chi connectivity index (χ0v) is 17.3. The van der Waals surface area contributed by atoms with Gasteiger partial charge in [-0.2, -0.15) is 0 Å². The Morgan fingerprint density at radius 1 is 1.21 bits per heavy atom. The van der Waals surface area contributed by atoms with Crippen molar-refractivity contribution in [2.45, 2.75) is 59.0 Å². The summed E-state index contributed by atoms with van der Waals surface area (Å²) < 4.78 is 5.43. The predicted molar refractivity (Wildman–Crippen MR) is 108 cm³/mol. The first-order chi connectivity index (χ1) is 13.3. The van der Waals surface area contributed by atoms with E-state index >= 15 is 0 Å². The largest absolute Gasteiger partial charge is 0.481 e. The van der Waals surface area contributed by atoms with Crippen molar-refractivity contribution >= 4 is 34.2 Å². The molecule has 28 heavy (non-hydrogen) atoms. The maximum absolute atomic E-state index is 12.9. The normalized spacial score (nSPS) is 23.9. The molecule has 3 atom stereocenters. The Morgan fingerprint density at radius 2 is 1.89 bits per heavy atom. The lowest BCUT2D eigenvalue weighted by atomic mass is 9.82. The Morgan fingerprint density at radius 3 is 2.54 bits per heavy atom. The third-order valence-electron chi connectivity index (χ3n) is 5.38. The van der Waals surface area contributed by atoms with Crippen LogP contribution in [0.5, 0.6) is 0 Å². The van der Waals surface area contributed by atoms with Gasteiger partial charge in [0.05, 0.1) is 23.5 Å². The maximum Gasteiger partial charge on any atom is 0.341 e. The number of amides is 1. The summed E-state index contributed by atoms with van der Waals surface area (Å²) in [6.45, 7) is 5.77. The van der Waals surface area contributed by atoms with Gasteiger partial charge in [0.1, 0.15) is 5.00 Å². The van der Waals surface area contributed by atoms with Crippen LogP contribution in [-0.4, -0.2) is 29.1 Å². The molecule has 152 valence electrons. The number of esters is 1. The topological polar surface area (TPSA) is 92.7 Å². The number of carbonyl (C=O) groups is 3. The molecule has 0 fully saturated rings. The molecule has 0 unspecified atom stereocenters. The molecule has 7 heteroatoms. The van der Waals surface area contributed by atoms with Crippen LogP contribution in [0.25, 0.3) is 0 Å². The molecular formula is C21H27NO5S. The van der Waals surface area contributed by atoms with Crippen molar-refractivity contribution in [1.82, 2.24) is 0 Å². The molecule has 1 heterocycles. The smallest absolute Gasteiger partial charge is 0.341 e. The third kappa shape index (κ3) is 4.29. The van der Waals surface area contributed by atoms with E-state index in [0.717, 1.165) is 29.7 Å². The molecule has 2 N–H and O–H groups in total. The molecule has 6 nitrogen and oxygen atoms in total. The number of aliphatic carboxylic acids is 1. The van der Waals surface area contributed by atoms with Crippen LogP contribution < -0.4 is 5.32 Å². The fraction of sp³-hybridized carbons (Fsp3) is 0.571. The Kier molecular flexibility index (Phi) is 6.23. The molecule has 0 aliphatic heterocycles. The minimum Gasteiger partial charge on any atom is -0.481 e. The standard InChI is InChI=1S/C21H27NO5S/c1-11(2)27-21(26)17-15-9-8-12(3)10-16(15)28-19(17)22-18(23)13-6-4-5-7-14(13)20(24)25/h4-5,11-14H,6-10H2,1-3H3,(H,22,23)(H,24,25)/t12-,13+,14-/m1/s1. The van der Waals surface area contributed by atoms with E-state index in [0.29, 0.717) is 29.3 Å². The SMILES string of the molecule is CC(C)OC(=O)c1c(NC(=O)[C@H]2CC=CC[C@H]2C(=O)O)sc2c1CC[C@@H](C)C2. The minimum atomic E-state index is -0.969. The highest BCUT2D eigenvalue weighted by atomic mass is 32.1. The molecule has 3 rings (SSSR count). The lowest BCUT2D eigenvalue weighted by Gasteiger charge is -2.24. The summed E-state index contributed by atoms with van der Waals surface area (Å²) in [6.07, 6.45) is 6.78. The van der Waals surface area contributed by atoms with Gasteiger partial charge in [-0.1, -0.05) is 19.1 Å². The minimum absolute atomic E-state index is 0.256. The van der Waals surface area contributed by atoms with Crippen LogP contribution in [0.2, 0.25) is 0 Å². The van der Waals surface area contributed by atoms with Crippen molar-refractivity contribution in [2.24, 2.45) is 17.8 Å². The maximum atomic E-state index is 12.9. The second kappa shape index (κ2) is 8.47. The number of carboxylic acids is 1. The van der Waals surface area contributed by atoms with Gasteiger partial charge in [-0.3, -0.25) is 9.59 Å². The summed E-state index contributed by atoms with van der Waals surface area (Å²) in [5.41, 5.74) is 1.43. The molecule has 0 saturated heterocycles. The molecule has 2 aliphatic carbocycles. The van der Waals surface area contributed by atoms with Crippen LogP contribution in [-0.2, 0) is 27.2 Å². The fourth-order valence-electron chi connectivity index (χ4n) is 3.91. The first-order valence-corrected chi connectivity index (χ1v) is 10.6. The molecule has 1 amide bonds. The average Bonchev–Trinajstić information content (AvgIpc) is 2.97. The quantitative estimate of drug-likeness (QED) is 0.570. The van der Waals surface area contributed by atoms with Crippen LogP contribution >= 0.6 is 11.3 Å². The predicted octanol–water partition coefficient (Wildman–Crippen LogP) is 4.04. The van der Waals surface area contributed by atoms with Gasteiger partial charge in [0.15, 0.2) is 0 Å². The van der Waals surface area contributed by atoms with Gasteiger partial charge in [0, 0.05) is 4.88 Å². The number of rotatable bonds is 5. The van der Waals surface area contributed by atoms with Gasteiger partial charge in [-0.25, -0.2) is 4.79 Å². The van der Waals surface area contributed by atoms with E-state index < -0.39 is 23.8 Å². The average molecular weight is 406 g/mol. The first kappa shape index (κ1) is 20.6. The molecule has 0 aromatic carbocycles. The Balaban J connectivity index is 1.90. The Labute approximate surface area is 169 Å². The molecular weight excluding hydrogens is 378 g/mol. The van der Waals surface area contributed by atoms with Crippen molar-refractivity contribution in [2.75, 3.05) is 5.32 Å². The monoisotopic (exact) mass is 405 g/mol. The number of thiophene rings is 1. The first-order valence-electron chi connectivity index (χ1n) is 9.82. The molecule has 0 saturated carbocycles. The van der Waals surface area contributed by atoms with Gasteiger partial charge in [0.2, 0.25) is 5.91 Å². The van der Waals surface area contributed by atoms with E-state index in [1.807, 2.05) is 6.08 Å². The van der Waals surface area contributed by atoms with Gasteiger partial charge >= 0.3 is 11.9 Å². The van der Waals surface area contributed by atoms with E-state index in [1.165, 1.54) is 11.3 Å². The van der Waals surface area contributed by atoms with Crippen molar-refractivity contribution in [3.05, 3.63) is 28.2 Å². The molecule has 1 aromatic heterocycles. The molecule has 0 bridgehead atoms. The fourth-order valence-corrected chi connectivity index (χ4v) is 5.31. The molecule has 0 radical (unpaired) electrons. The third-order valence-corrected chi connectivity index (χ3v) is 6.55. The number of nitrogens with one attached hydrogen (secondary N) is 1.